The molecule has 2 aliphatic carbocycles. The third-order valence-electron chi connectivity index (χ3n) is 4.71. The van der Waals surface area contributed by atoms with Gasteiger partial charge in [-0.2, -0.15) is 0 Å². The number of aliphatic hydroxyl groups is 1. The molecule has 3 rings (SSSR count). The summed E-state index contributed by atoms with van der Waals surface area (Å²) in [5, 5.41) is 10.2. The molecule has 0 aromatic heterocycles. The lowest BCUT2D eigenvalue weighted by Gasteiger charge is -2.23. The number of rotatable bonds is 5. The molecule has 0 saturated heterocycles. The smallest absolute Gasteiger partial charge is 0.240 e. The van der Waals surface area contributed by atoms with Crippen molar-refractivity contribution >= 4 is 10.0 Å². The Hall–Kier alpha value is -0.910. The Labute approximate surface area is 126 Å². The first-order valence-corrected chi connectivity index (χ1v) is 9.21. The van der Waals surface area contributed by atoms with Crippen molar-refractivity contribution in [3.05, 3.63) is 29.3 Å². The standard InChI is InChI=1S/C16H23NO3S/c1-16(18,14-7-8-14)11-17-21(19,20)15-9-6-12-4-2-3-5-13(12)10-15/h6,9-10,14,17-18H,2-5,7-8,11H2,1H3. The molecule has 21 heavy (non-hydrogen) atoms. The lowest BCUT2D eigenvalue weighted by atomic mass is 9.92. The van der Waals surface area contributed by atoms with E-state index in [4.69, 9.17) is 0 Å². The normalized spacial score (nSPS) is 21.6. The summed E-state index contributed by atoms with van der Waals surface area (Å²) in [6.07, 6.45) is 6.26. The van der Waals surface area contributed by atoms with Gasteiger partial charge in [0, 0.05) is 6.54 Å². The summed E-state index contributed by atoms with van der Waals surface area (Å²) >= 11 is 0. The Morgan fingerprint density at radius 3 is 2.57 bits per heavy atom. The van der Waals surface area contributed by atoms with Crippen LogP contribution in [0.3, 0.4) is 0 Å². The lowest BCUT2D eigenvalue weighted by molar-refractivity contribution is 0.0422. The molecule has 2 N–H and O–H groups in total. The minimum Gasteiger partial charge on any atom is -0.389 e. The van der Waals surface area contributed by atoms with Crippen LogP contribution in [0.5, 0.6) is 0 Å². The van der Waals surface area contributed by atoms with Crippen LogP contribution in [0.4, 0.5) is 0 Å². The number of sulfonamides is 1. The van der Waals surface area contributed by atoms with Crippen LogP contribution < -0.4 is 4.72 Å². The first kappa shape index (κ1) is 15.0. The quantitative estimate of drug-likeness (QED) is 0.874. The number of nitrogens with one attached hydrogen (secondary N) is 1. The third-order valence-corrected chi connectivity index (χ3v) is 6.11. The molecule has 1 fully saturated rings. The zero-order valence-electron chi connectivity index (χ0n) is 12.4. The van der Waals surface area contributed by atoms with Gasteiger partial charge in [0.25, 0.3) is 0 Å². The van der Waals surface area contributed by atoms with Crippen molar-refractivity contribution in [3.8, 4) is 0 Å². The average molecular weight is 309 g/mol. The van der Waals surface area contributed by atoms with E-state index in [0.717, 1.165) is 37.7 Å². The fourth-order valence-corrected chi connectivity index (χ4v) is 4.24. The van der Waals surface area contributed by atoms with Crippen molar-refractivity contribution in [1.29, 1.82) is 0 Å². The van der Waals surface area contributed by atoms with Crippen LogP contribution >= 0.6 is 0 Å². The molecular formula is C16H23NO3S. The second-order valence-corrected chi connectivity index (χ2v) is 8.36. The molecule has 0 amide bonds. The summed E-state index contributed by atoms with van der Waals surface area (Å²) in [5.74, 6) is 0.226. The molecule has 1 aromatic carbocycles. The SMILES string of the molecule is CC(O)(CNS(=O)(=O)c1ccc2c(c1)CCCC2)C1CC1. The summed E-state index contributed by atoms with van der Waals surface area (Å²) in [6, 6.07) is 5.41. The van der Waals surface area contributed by atoms with Gasteiger partial charge in [-0.1, -0.05) is 6.07 Å². The van der Waals surface area contributed by atoms with Crippen LogP contribution in [0.2, 0.25) is 0 Å². The zero-order chi connectivity index (χ0) is 15.1. The summed E-state index contributed by atoms with van der Waals surface area (Å²) in [4.78, 5) is 0.315. The Morgan fingerprint density at radius 2 is 1.90 bits per heavy atom. The molecule has 2 aliphatic rings. The molecule has 116 valence electrons. The van der Waals surface area contributed by atoms with Gasteiger partial charge >= 0.3 is 0 Å². The second-order valence-electron chi connectivity index (χ2n) is 6.59. The minimum absolute atomic E-state index is 0.0804. The van der Waals surface area contributed by atoms with Crippen molar-refractivity contribution in [2.45, 2.75) is 55.9 Å². The molecule has 1 atom stereocenters. The van der Waals surface area contributed by atoms with Crippen LogP contribution in [0.15, 0.2) is 23.1 Å². The highest BCUT2D eigenvalue weighted by atomic mass is 32.2. The molecule has 0 aliphatic heterocycles. The number of aryl methyl sites for hydroxylation is 2. The molecule has 0 heterocycles. The van der Waals surface area contributed by atoms with Gasteiger partial charge in [-0.05, 0) is 74.6 Å². The first-order chi connectivity index (χ1) is 9.88. The summed E-state index contributed by atoms with van der Waals surface area (Å²) < 4.78 is 27.3. The van der Waals surface area contributed by atoms with E-state index >= 15 is 0 Å². The molecule has 0 spiro atoms. The van der Waals surface area contributed by atoms with E-state index in [0.29, 0.717) is 4.90 Å². The van der Waals surface area contributed by atoms with Gasteiger partial charge in [0.1, 0.15) is 0 Å². The van der Waals surface area contributed by atoms with Crippen molar-refractivity contribution in [2.75, 3.05) is 6.54 Å². The Balaban J connectivity index is 1.75. The van der Waals surface area contributed by atoms with Crippen molar-refractivity contribution in [3.63, 3.8) is 0 Å². The van der Waals surface area contributed by atoms with Gasteiger partial charge in [0.05, 0.1) is 10.5 Å². The van der Waals surface area contributed by atoms with Crippen molar-refractivity contribution in [1.82, 2.24) is 4.72 Å². The van der Waals surface area contributed by atoms with Crippen LogP contribution in [0.1, 0.15) is 43.7 Å². The van der Waals surface area contributed by atoms with E-state index in [9.17, 15) is 13.5 Å². The van der Waals surface area contributed by atoms with Crippen molar-refractivity contribution < 1.29 is 13.5 Å². The monoisotopic (exact) mass is 309 g/mol. The first-order valence-electron chi connectivity index (χ1n) is 7.72. The highest BCUT2D eigenvalue weighted by molar-refractivity contribution is 7.89. The Kier molecular flexibility index (Phi) is 3.84. The lowest BCUT2D eigenvalue weighted by Crippen LogP contribution is -2.42. The maximum Gasteiger partial charge on any atom is 0.240 e. The van der Waals surface area contributed by atoms with Gasteiger partial charge in [-0.25, -0.2) is 13.1 Å². The Morgan fingerprint density at radius 1 is 1.24 bits per heavy atom. The number of hydrogen-bond acceptors (Lipinski definition) is 3. The molecule has 0 radical (unpaired) electrons. The highest BCUT2D eigenvalue weighted by Crippen LogP contribution is 2.39. The molecule has 4 nitrogen and oxygen atoms in total. The van der Waals surface area contributed by atoms with Gasteiger partial charge < -0.3 is 5.11 Å². The average Bonchev–Trinajstić information content (AvgIpc) is 3.30. The molecular weight excluding hydrogens is 286 g/mol. The van der Waals surface area contributed by atoms with Gasteiger partial charge in [0.15, 0.2) is 0 Å². The Bertz CT molecular complexity index is 633. The number of hydrogen-bond donors (Lipinski definition) is 2. The van der Waals surface area contributed by atoms with Crippen LogP contribution in [0.25, 0.3) is 0 Å². The summed E-state index contributed by atoms with van der Waals surface area (Å²) in [5.41, 5.74) is 1.48. The predicted molar refractivity (Wildman–Crippen MR) is 81.6 cm³/mol. The van der Waals surface area contributed by atoms with E-state index in [1.807, 2.05) is 6.07 Å². The molecule has 1 unspecified atom stereocenters. The number of fused-ring (bicyclic) bond motifs is 1. The molecule has 5 heteroatoms. The van der Waals surface area contributed by atoms with Crippen molar-refractivity contribution in [2.24, 2.45) is 5.92 Å². The van der Waals surface area contributed by atoms with Crippen LogP contribution in [0, 0.1) is 5.92 Å². The third kappa shape index (κ3) is 3.30. The largest absolute Gasteiger partial charge is 0.389 e. The number of benzene rings is 1. The molecule has 1 saturated carbocycles. The summed E-state index contributed by atoms with van der Waals surface area (Å²) in [6.45, 7) is 1.79. The van der Waals surface area contributed by atoms with E-state index in [1.165, 1.54) is 12.0 Å². The maximum absolute atomic E-state index is 12.4. The fraction of sp³-hybridized carbons (Fsp3) is 0.625. The van der Waals surface area contributed by atoms with Crippen LogP contribution in [-0.2, 0) is 22.9 Å². The van der Waals surface area contributed by atoms with E-state index < -0.39 is 15.6 Å². The van der Waals surface area contributed by atoms with Gasteiger partial charge in [0.2, 0.25) is 10.0 Å². The highest BCUT2D eigenvalue weighted by Gasteiger charge is 2.40. The van der Waals surface area contributed by atoms with Gasteiger partial charge in [-0.3, -0.25) is 0 Å². The van der Waals surface area contributed by atoms with Crippen LogP contribution in [-0.4, -0.2) is 25.7 Å². The topological polar surface area (TPSA) is 66.4 Å². The maximum atomic E-state index is 12.4. The molecule has 1 aromatic rings. The fourth-order valence-electron chi connectivity index (χ4n) is 3.05. The predicted octanol–water partition coefficient (Wildman–Crippen LogP) is 2.00. The van der Waals surface area contributed by atoms with E-state index in [2.05, 4.69) is 4.72 Å². The van der Waals surface area contributed by atoms with E-state index in [-0.39, 0.29) is 12.5 Å². The molecule has 0 bridgehead atoms. The summed E-state index contributed by atoms with van der Waals surface area (Å²) in [7, 11) is -3.54. The van der Waals surface area contributed by atoms with E-state index in [1.54, 1.807) is 19.1 Å². The van der Waals surface area contributed by atoms with Gasteiger partial charge in [-0.15, -0.1) is 0 Å². The zero-order valence-corrected chi connectivity index (χ0v) is 13.2. The minimum atomic E-state index is -3.54. The second kappa shape index (κ2) is 5.38.